The Kier molecular flexibility index (Phi) is 3.60. The largest absolute Gasteiger partial charge is 0.392 e. The summed E-state index contributed by atoms with van der Waals surface area (Å²) in [6.45, 7) is 2.94. The fraction of sp³-hybridized carbons (Fsp3) is 0.300. The van der Waals surface area contributed by atoms with Crippen LogP contribution in [0.3, 0.4) is 0 Å². The van der Waals surface area contributed by atoms with Gasteiger partial charge in [0, 0.05) is 5.02 Å². The second kappa shape index (κ2) is 4.30. The molecule has 6 heteroatoms. The van der Waals surface area contributed by atoms with Crippen molar-refractivity contribution in [3.8, 4) is 0 Å². The van der Waals surface area contributed by atoms with Crippen LogP contribution in [0.1, 0.15) is 19.4 Å². The highest BCUT2D eigenvalue weighted by molar-refractivity contribution is 7.70. The lowest BCUT2D eigenvalue weighted by Crippen LogP contribution is -2.28. The molecule has 0 atom stereocenters. The van der Waals surface area contributed by atoms with Crippen LogP contribution in [-0.4, -0.2) is 15.3 Å². The van der Waals surface area contributed by atoms with Crippen molar-refractivity contribution in [2.45, 2.75) is 19.3 Å². The first-order valence-electron chi connectivity index (χ1n) is 4.52. The molecule has 0 aromatic heterocycles. The van der Waals surface area contributed by atoms with Gasteiger partial charge in [-0.15, -0.1) is 0 Å². The quantitative estimate of drug-likeness (QED) is 0.820. The first-order valence-corrected chi connectivity index (χ1v) is 6.51. The molecule has 0 saturated heterocycles. The molecule has 0 aliphatic heterocycles. The Balaban J connectivity index is 3.16. The molecule has 1 aromatic carbocycles. The van der Waals surface area contributed by atoms with E-state index in [1.165, 1.54) is 13.8 Å². The number of hydrogen-bond donors (Lipinski definition) is 2. The van der Waals surface area contributed by atoms with Crippen LogP contribution in [0.4, 0.5) is 0 Å². The van der Waals surface area contributed by atoms with Crippen LogP contribution < -0.4 is 0 Å². The lowest BCUT2D eigenvalue weighted by molar-refractivity contribution is -0.117. The van der Waals surface area contributed by atoms with E-state index in [2.05, 4.69) is 0 Å². The molecule has 0 bridgehead atoms. The van der Waals surface area contributed by atoms with Crippen LogP contribution in [0, 0.1) is 0 Å². The molecule has 0 aliphatic carbocycles. The van der Waals surface area contributed by atoms with Crippen molar-refractivity contribution >= 4 is 24.7 Å². The summed E-state index contributed by atoms with van der Waals surface area (Å²) in [5.74, 6) is 0. The van der Waals surface area contributed by atoms with Gasteiger partial charge < -0.3 is 9.79 Å². The molecule has 1 rings (SSSR count). The zero-order chi connectivity index (χ0) is 12.6. The lowest BCUT2D eigenvalue weighted by atomic mass is 9.86. The van der Waals surface area contributed by atoms with E-state index in [0.29, 0.717) is 10.6 Å². The number of halogens is 1. The van der Waals surface area contributed by atoms with Gasteiger partial charge in [-0.3, -0.25) is 9.36 Å². The van der Waals surface area contributed by atoms with E-state index in [9.17, 15) is 9.36 Å². The summed E-state index contributed by atoms with van der Waals surface area (Å²) < 4.78 is 10.9. The van der Waals surface area contributed by atoms with E-state index < -0.39 is 18.5 Å². The van der Waals surface area contributed by atoms with Gasteiger partial charge in [0.05, 0.1) is 5.41 Å². The lowest BCUT2D eigenvalue weighted by Gasteiger charge is -2.23. The summed E-state index contributed by atoms with van der Waals surface area (Å²) in [6, 6.07) is 6.31. The SMILES string of the molecule is CC(C)(C(=O)P(=O)(O)O)c1ccc(Cl)cc1. The monoisotopic (exact) mass is 262 g/mol. The molecule has 0 spiro atoms. The maximum absolute atomic E-state index is 11.6. The molecule has 16 heavy (non-hydrogen) atoms. The molecule has 0 radical (unpaired) electrons. The van der Waals surface area contributed by atoms with Crippen molar-refractivity contribution in [3.63, 3.8) is 0 Å². The van der Waals surface area contributed by atoms with Gasteiger partial charge in [-0.25, -0.2) is 0 Å². The fourth-order valence-corrected chi connectivity index (χ4v) is 2.34. The molecule has 0 aliphatic rings. The van der Waals surface area contributed by atoms with E-state index in [1.54, 1.807) is 24.3 Å². The summed E-state index contributed by atoms with van der Waals surface area (Å²) in [4.78, 5) is 29.3. The number of rotatable bonds is 3. The summed E-state index contributed by atoms with van der Waals surface area (Å²) >= 11 is 5.69. The Morgan fingerprint density at radius 2 is 1.69 bits per heavy atom. The predicted molar refractivity (Wildman–Crippen MR) is 61.5 cm³/mol. The zero-order valence-corrected chi connectivity index (χ0v) is 10.5. The van der Waals surface area contributed by atoms with Crippen LogP contribution >= 0.6 is 19.2 Å². The minimum atomic E-state index is -4.73. The Morgan fingerprint density at radius 1 is 1.25 bits per heavy atom. The van der Waals surface area contributed by atoms with E-state index in [0.717, 1.165) is 0 Å². The van der Waals surface area contributed by atoms with Crippen molar-refractivity contribution < 1.29 is 19.1 Å². The Hall–Kier alpha value is -0.670. The fourth-order valence-electron chi connectivity index (χ4n) is 1.35. The molecule has 0 heterocycles. The average Bonchev–Trinajstić information content (AvgIpc) is 2.16. The second-order valence-electron chi connectivity index (χ2n) is 3.98. The first kappa shape index (κ1) is 13.4. The molecule has 0 unspecified atom stereocenters. The molecule has 88 valence electrons. The van der Waals surface area contributed by atoms with E-state index in [-0.39, 0.29) is 0 Å². The summed E-state index contributed by atoms with van der Waals surface area (Å²) in [6.07, 6.45) is 0. The Bertz CT molecular complexity index is 446. The normalized spacial score (nSPS) is 12.6. The van der Waals surface area contributed by atoms with E-state index in [4.69, 9.17) is 21.4 Å². The number of carbonyl (C=O) groups excluding carboxylic acids is 1. The van der Waals surface area contributed by atoms with Gasteiger partial charge in [0.1, 0.15) is 0 Å². The molecule has 0 saturated carbocycles. The Labute approximate surface area is 98.4 Å². The zero-order valence-electron chi connectivity index (χ0n) is 8.85. The molecule has 0 amide bonds. The maximum Gasteiger partial charge on any atom is 0.392 e. The summed E-state index contributed by atoms with van der Waals surface area (Å²) in [7, 11) is -4.73. The number of benzene rings is 1. The van der Waals surface area contributed by atoms with Crippen molar-refractivity contribution in [1.82, 2.24) is 0 Å². The highest BCUT2D eigenvalue weighted by atomic mass is 35.5. The van der Waals surface area contributed by atoms with Crippen molar-refractivity contribution in [1.29, 1.82) is 0 Å². The second-order valence-corrected chi connectivity index (χ2v) is 5.91. The summed E-state index contributed by atoms with van der Waals surface area (Å²) in [5, 5.41) is 0.503. The minimum absolute atomic E-state index is 0.503. The third-order valence-electron chi connectivity index (χ3n) is 2.37. The topological polar surface area (TPSA) is 74.6 Å². The smallest absolute Gasteiger partial charge is 0.319 e. The maximum atomic E-state index is 11.6. The molecule has 1 aromatic rings. The van der Waals surface area contributed by atoms with E-state index in [1.807, 2.05) is 0 Å². The number of hydrogen-bond acceptors (Lipinski definition) is 2. The third-order valence-corrected chi connectivity index (χ3v) is 3.71. The van der Waals surface area contributed by atoms with Crippen LogP contribution in [0.25, 0.3) is 0 Å². The minimum Gasteiger partial charge on any atom is -0.319 e. The van der Waals surface area contributed by atoms with Gasteiger partial charge in [-0.05, 0) is 31.5 Å². The standard InChI is InChI=1S/C10H12ClO4P/c1-10(2,9(12)16(13,14)15)7-3-5-8(11)6-4-7/h3-6H,1-2H3,(H2,13,14,15). The molecular formula is C10H12ClO4P. The molecule has 4 nitrogen and oxygen atoms in total. The van der Waals surface area contributed by atoms with Gasteiger partial charge in [-0.2, -0.15) is 0 Å². The van der Waals surface area contributed by atoms with Gasteiger partial charge in [0.15, 0.2) is 0 Å². The average molecular weight is 263 g/mol. The highest BCUT2D eigenvalue weighted by Crippen LogP contribution is 2.44. The van der Waals surface area contributed by atoms with Crippen LogP contribution in [0.5, 0.6) is 0 Å². The van der Waals surface area contributed by atoms with Gasteiger partial charge in [0.25, 0.3) is 5.52 Å². The van der Waals surface area contributed by atoms with Gasteiger partial charge in [-0.1, -0.05) is 23.7 Å². The van der Waals surface area contributed by atoms with Gasteiger partial charge >= 0.3 is 7.60 Å². The molecular weight excluding hydrogens is 251 g/mol. The van der Waals surface area contributed by atoms with Gasteiger partial charge in [0.2, 0.25) is 0 Å². The first-order chi connectivity index (χ1) is 7.15. The van der Waals surface area contributed by atoms with Crippen LogP contribution in [0.15, 0.2) is 24.3 Å². The van der Waals surface area contributed by atoms with Crippen molar-refractivity contribution in [2.75, 3.05) is 0 Å². The van der Waals surface area contributed by atoms with Crippen molar-refractivity contribution in [2.24, 2.45) is 0 Å². The highest BCUT2D eigenvalue weighted by Gasteiger charge is 2.41. The molecule has 0 fully saturated rings. The van der Waals surface area contributed by atoms with Crippen molar-refractivity contribution in [3.05, 3.63) is 34.9 Å². The Morgan fingerprint density at radius 3 is 2.06 bits per heavy atom. The third kappa shape index (κ3) is 2.71. The molecule has 2 N–H and O–H groups in total. The number of carbonyl (C=O) groups is 1. The van der Waals surface area contributed by atoms with Crippen LogP contribution in [-0.2, 0) is 14.8 Å². The predicted octanol–water partition coefficient (Wildman–Crippen LogP) is 2.32. The van der Waals surface area contributed by atoms with Crippen LogP contribution in [0.2, 0.25) is 5.02 Å². The van der Waals surface area contributed by atoms with E-state index >= 15 is 0 Å². The summed E-state index contributed by atoms with van der Waals surface area (Å²) in [5.41, 5.74) is -1.81.